The van der Waals surface area contributed by atoms with Crippen LogP contribution in [0.3, 0.4) is 0 Å². The van der Waals surface area contributed by atoms with Crippen LogP contribution in [0.2, 0.25) is 0 Å². The van der Waals surface area contributed by atoms with E-state index < -0.39 is 48.6 Å². The molecule has 0 bridgehead atoms. The van der Waals surface area contributed by atoms with Crippen molar-refractivity contribution >= 4 is 5.97 Å². The lowest BCUT2D eigenvalue weighted by molar-refractivity contribution is -0.223. The number of carboxylic acid groups (broad SMARTS) is 1. The monoisotopic (exact) mass is 311 g/mol. The highest BCUT2D eigenvalue weighted by molar-refractivity contribution is 5.73. The smallest absolute Gasteiger partial charge is 0.320 e. The molecule has 126 valence electrons. The molecule has 0 aromatic rings. The number of hydrogen-bond acceptors (Lipinski definition) is 8. The predicted molar refractivity (Wildman–Crippen MR) is 71.1 cm³/mol. The largest absolute Gasteiger partial charge is 0.480 e. The van der Waals surface area contributed by atoms with Gasteiger partial charge in [0.15, 0.2) is 0 Å². The lowest BCUT2D eigenvalue weighted by Gasteiger charge is -2.39. The lowest BCUT2D eigenvalue weighted by atomic mass is 9.85. The highest BCUT2D eigenvalue weighted by Gasteiger charge is 2.47. The lowest BCUT2D eigenvalue weighted by Crippen LogP contribution is -2.63. The number of aliphatic hydroxyl groups is 6. The summed E-state index contributed by atoms with van der Waals surface area (Å²) in [4.78, 5) is 10.2. The molecular formula is C12H25NO8. The molecule has 0 saturated heterocycles. The minimum atomic E-state index is -1.64. The zero-order valence-corrected chi connectivity index (χ0v) is 11.9. The van der Waals surface area contributed by atoms with Gasteiger partial charge in [-0.1, -0.05) is 20.3 Å². The molecule has 0 amide bonds. The van der Waals surface area contributed by atoms with Gasteiger partial charge in [0.1, 0.15) is 42.7 Å². The minimum absolute atomic E-state index is 0.0718. The van der Waals surface area contributed by atoms with E-state index in [2.05, 4.69) is 0 Å². The Kier molecular flexibility index (Phi) is 8.26. The third kappa shape index (κ3) is 5.15. The average Bonchev–Trinajstić information content (AvgIpc) is 2.47. The first-order valence-electron chi connectivity index (χ1n) is 6.62. The van der Waals surface area contributed by atoms with Crippen LogP contribution in [0.1, 0.15) is 20.3 Å². The topological polar surface area (TPSA) is 185 Å². The number of aliphatic hydroxyl groups excluding tert-OH is 6. The van der Waals surface area contributed by atoms with Crippen LogP contribution in [0.15, 0.2) is 0 Å². The molecule has 2 atom stereocenters. The molecule has 1 rings (SSSR count). The van der Waals surface area contributed by atoms with Crippen LogP contribution in [0.4, 0.5) is 0 Å². The predicted octanol–water partition coefficient (Wildman–Crippen LogP) is -3.39. The standard InChI is InChI=1S/C6H13NO2.C6H12O6/c1-3-4(2)5(7)6(8)9;7-1-2(8)4(10)6(12)5(11)3(1)9/h4-5H,3,7H2,1-2H3,(H,8,9);1-12H. The van der Waals surface area contributed by atoms with Crippen molar-refractivity contribution in [3.05, 3.63) is 0 Å². The summed E-state index contributed by atoms with van der Waals surface area (Å²) in [5.41, 5.74) is 5.27. The van der Waals surface area contributed by atoms with Gasteiger partial charge in [-0.15, -0.1) is 0 Å². The second kappa shape index (κ2) is 8.59. The summed E-state index contributed by atoms with van der Waals surface area (Å²) in [6.45, 7) is 3.76. The Balaban J connectivity index is 0.000000400. The molecule has 0 aromatic carbocycles. The van der Waals surface area contributed by atoms with Gasteiger partial charge in [0.05, 0.1) is 0 Å². The average molecular weight is 311 g/mol. The van der Waals surface area contributed by atoms with E-state index >= 15 is 0 Å². The van der Waals surface area contributed by atoms with Crippen molar-refractivity contribution in [1.82, 2.24) is 0 Å². The van der Waals surface area contributed by atoms with Crippen LogP contribution in [0, 0.1) is 5.92 Å². The zero-order valence-electron chi connectivity index (χ0n) is 11.9. The molecule has 9 nitrogen and oxygen atoms in total. The van der Waals surface area contributed by atoms with Crippen molar-refractivity contribution < 1.29 is 40.5 Å². The molecule has 2 unspecified atom stereocenters. The number of carboxylic acids is 1. The van der Waals surface area contributed by atoms with E-state index in [1.165, 1.54) is 0 Å². The molecule has 1 aliphatic carbocycles. The van der Waals surface area contributed by atoms with E-state index in [0.29, 0.717) is 0 Å². The van der Waals surface area contributed by atoms with Gasteiger partial charge < -0.3 is 41.5 Å². The second-order valence-electron chi connectivity index (χ2n) is 5.19. The van der Waals surface area contributed by atoms with E-state index in [-0.39, 0.29) is 5.92 Å². The van der Waals surface area contributed by atoms with Gasteiger partial charge in [-0.2, -0.15) is 0 Å². The summed E-state index contributed by atoms with van der Waals surface area (Å²) in [5.74, 6) is -0.841. The summed E-state index contributed by atoms with van der Waals surface area (Å²) >= 11 is 0. The number of rotatable bonds is 3. The number of aliphatic carboxylic acids is 1. The first-order chi connectivity index (χ1) is 9.56. The summed E-state index contributed by atoms with van der Waals surface area (Å²) in [6, 6.07) is -0.699. The van der Waals surface area contributed by atoms with Crippen LogP contribution in [-0.2, 0) is 4.79 Å². The summed E-state index contributed by atoms with van der Waals surface area (Å²) in [6.07, 6.45) is -9.03. The zero-order chi connectivity index (χ0) is 16.9. The fraction of sp³-hybridized carbons (Fsp3) is 0.917. The van der Waals surface area contributed by atoms with Crippen molar-refractivity contribution in [2.24, 2.45) is 11.7 Å². The molecule has 0 heterocycles. The summed E-state index contributed by atoms with van der Waals surface area (Å²) in [5, 5.41) is 62.2. The van der Waals surface area contributed by atoms with Crippen LogP contribution >= 0.6 is 0 Å². The van der Waals surface area contributed by atoms with Crippen LogP contribution in [0.25, 0.3) is 0 Å². The Bertz CT molecular complexity index is 270. The molecule has 0 spiro atoms. The van der Waals surface area contributed by atoms with Gasteiger partial charge in [-0.25, -0.2) is 0 Å². The normalized spacial score (nSPS) is 38.9. The molecule has 21 heavy (non-hydrogen) atoms. The molecule has 1 aliphatic rings. The van der Waals surface area contributed by atoms with Crippen molar-refractivity contribution in [2.75, 3.05) is 0 Å². The van der Waals surface area contributed by atoms with Gasteiger partial charge in [-0.05, 0) is 5.92 Å². The van der Waals surface area contributed by atoms with Gasteiger partial charge >= 0.3 is 5.97 Å². The maximum absolute atomic E-state index is 10.2. The fourth-order valence-corrected chi connectivity index (χ4v) is 1.71. The SMILES string of the molecule is CCC(C)C(N)C(=O)O.OC1C(O)C(O)C(O)C(O)C1O. The maximum atomic E-state index is 10.2. The van der Waals surface area contributed by atoms with Gasteiger partial charge in [0, 0.05) is 0 Å². The van der Waals surface area contributed by atoms with Gasteiger partial charge in [0.25, 0.3) is 0 Å². The molecule has 0 aromatic heterocycles. The number of hydrogen-bond donors (Lipinski definition) is 8. The summed E-state index contributed by atoms with van der Waals surface area (Å²) in [7, 11) is 0. The highest BCUT2D eigenvalue weighted by atomic mass is 16.4. The second-order valence-corrected chi connectivity index (χ2v) is 5.19. The summed E-state index contributed by atoms with van der Waals surface area (Å²) < 4.78 is 0. The minimum Gasteiger partial charge on any atom is -0.480 e. The quantitative estimate of drug-likeness (QED) is 0.263. The molecular weight excluding hydrogens is 286 g/mol. The van der Waals surface area contributed by atoms with E-state index in [1.54, 1.807) is 0 Å². The third-order valence-corrected chi connectivity index (χ3v) is 3.64. The van der Waals surface area contributed by atoms with Crippen molar-refractivity contribution in [3.8, 4) is 0 Å². The Labute approximate surface area is 122 Å². The third-order valence-electron chi connectivity index (χ3n) is 3.64. The van der Waals surface area contributed by atoms with E-state index in [9.17, 15) is 4.79 Å². The molecule has 1 saturated carbocycles. The van der Waals surface area contributed by atoms with Crippen LogP contribution in [0.5, 0.6) is 0 Å². The van der Waals surface area contributed by atoms with Gasteiger partial charge in [0.2, 0.25) is 0 Å². The molecule has 9 heteroatoms. The Hall–Kier alpha value is -0.810. The van der Waals surface area contributed by atoms with E-state index in [4.69, 9.17) is 41.5 Å². The molecule has 0 radical (unpaired) electrons. The Morgan fingerprint density at radius 3 is 1.24 bits per heavy atom. The van der Waals surface area contributed by atoms with Crippen molar-refractivity contribution in [3.63, 3.8) is 0 Å². The molecule has 0 aliphatic heterocycles. The Morgan fingerprint density at radius 2 is 1.14 bits per heavy atom. The number of nitrogens with two attached hydrogens (primary N) is 1. The van der Waals surface area contributed by atoms with Crippen LogP contribution in [-0.4, -0.2) is 84.4 Å². The molecule has 9 N–H and O–H groups in total. The first kappa shape index (κ1) is 20.2. The van der Waals surface area contributed by atoms with Crippen LogP contribution < -0.4 is 5.73 Å². The highest BCUT2D eigenvalue weighted by Crippen LogP contribution is 2.20. The van der Waals surface area contributed by atoms with Gasteiger partial charge in [-0.3, -0.25) is 4.79 Å². The number of carbonyl (C=O) groups is 1. The Morgan fingerprint density at radius 1 is 0.905 bits per heavy atom. The molecule has 1 fully saturated rings. The van der Waals surface area contributed by atoms with E-state index in [1.807, 2.05) is 13.8 Å². The first-order valence-corrected chi connectivity index (χ1v) is 6.62. The van der Waals surface area contributed by atoms with Crippen molar-refractivity contribution in [2.45, 2.75) is 62.9 Å². The van der Waals surface area contributed by atoms with Crippen molar-refractivity contribution in [1.29, 1.82) is 0 Å². The van der Waals surface area contributed by atoms with E-state index in [0.717, 1.165) is 6.42 Å². The fourth-order valence-electron chi connectivity index (χ4n) is 1.71. The maximum Gasteiger partial charge on any atom is 0.320 e.